The second kappa shape index (κ2) is 6.26. The van der Waals surface area contributed by atoms with Crippen LogP contribution < -0.4 is 0 Å². The summed E-state index contributed by atoms with van der Waals surface area (Å²) in [5.74, 6) is 0.832. The highest BCUT2D eigenvalue weighted by molar-refractivity contribution is 7.12. The summed E-state index contributed by atoms with van der Waals surface area (Å²) >= 11 is 3.97. The summed E-state index contributed by atoms with van der Waals surface area (Å²) in [6.45, 7) is 9.18. The van der Waals surface area contributed by atoms with Gasteiger partial charge in [-0.1, -0.05) is 19.3 Å². The highest BCUT2D eigenvalue weighted by atomic mass is 32.1. The van der Waals surface area contributed by atoms with Crippen LogP contribution in [0.25, 0.3) is 0 Å². The first-order valence-corrected chi connectivity index (χ1v) is 9.84. The predicted molar refractivity (Wildman–Crippen MR) is 96.2 cm³/mol. The quantitative estimate of drug-likeness (QED) is 0.592. The molecule has 2 heterocycles. The van der Waals surface area contributed by atoms with Crippen molar-refractivity contribution in [3.8, 4) is 0 Å². The van der Waals surface area contributed by atoms with E-state index < -0.39 is 0 Å². The van der Waals surface area contributed by atoms with E-state index in [2.05, 4.69) is 33.8 Å². The molecule has 0 unspecified atom stereocenters. The fraction of sp³-hybridized carbons (Fsp3) is 0.579. The van der Waals surface area contributed by atoms with Gasteiger partial charge in [0.15, 0.2) is 0 Å². The van der Waals surface area contributed by atoms with Crippen LogP contribution in [0.1, 0.15) is 74.2 Å². The normalized spacial score (nSPS) is 16.6. The van der Waals surface area contributed by atoms with Crippen molar-refractivity contribution in [3.63, 3.8) is 0 Å². The van der Waals surface area contributed by atoms with Gasteiger partial charge in [-0.2, -0.15) is 0 Å². The SMILES string of the molecule is Cc1cc(Cc2c(C)sc(C)c2C2CCCCC2)c(C)s1. The van der Waals surface area contributed by atoms with Crippen LogP contribution in [0, 0.1) is 27.7 Å². The van der Waals surface area contributed by atoms with Crippen molar-refractivity contribution in [2.45, 2.75) is 72.1 Å². The molecule has 2 aromatic heterocycles. The van der Waals surface area contributed by atoms with Crippen LogP contribution in [0.5, 0.6) is 0 Å². The summed E-state index contributed by atoms with van der Waals surface area (Å²) in [6.07, 6.45) is 8.26. The molecule has 0 amide bonds. The van der Waals surface area contributed by atoms with Gasteiger partial charge in [-0.25, -0.2) is 0 Å². The molecule has 114 valence electrons. The number of thiophene rings is 2. The lowest BCUT2D eigenvalue weighted by Crippen LogP contribution is -2.07. The van der Waals surface area contributed by atoms with Gasteiger partial charge in [-0.3, -0.25) is 0 Å². The van der Waals surface area contributed by atoms with E-state index in [1.54, 1.807) is 26.4 Å². The molecule has 0 spiro atoms. The summed E-state index contributed by atoms with van der Waals surface area (Å²) in [5, 5.41) is 0. The third kappa shape index (κ3) is 3.12. The molecule has 0 aliphatic heterocycles. The minimum atomic E-state index is 0.832. The Labute approximate surface area is 137 Å². The van der Waals surface area contributed by atoms with Crippen LogP contribution in [-0.2, 0) is 6.42 Å². The molecule has 1 aliphatic carbocycles. The van der Waals surface area contributed by atoms with E-state index in [0.29, 0.717) is 0 Å². The first-order chi connectivity index (χ1) is 10.1. The summed E-state index contributed by atoms with van der Waals surface area (Å²) in [6, 6.07) is 2.40. The predicted octanol–water partition coefficient (Wildman–Crippen LogP) is 6.68. The minimum Gasteiger partial charge on any atom is -0.146 e. The number of aryl methyl sites for hydroxylation is 4. The Morgan fingerprint density at radius 3 is 2.24 bits per heavy atom. The molecule has 1 fully saturated rings. The summed E-state index contributed by atoms with van der Waals surface area (Å²) in [5.41, 5.74) is 4.93. The first-order valence-electron chi connectivity index (χ1n) is 8.21. The van der Waals surface area contributed by atoms with Crippen molar-refractivity contribution in [2.75, 3.05) is 0 Å². The topological polar surface area (TPSA) is 0 Å². The molecule has 21 heavy (non-hydrogen) atoms. The second-order valence-electron chi connectivity index (χ2n) is 6.56. The molecule has 0 saturated heterocycles. The van der Waals surface area contributed by atoms with E-state index in [9.17, 15) is 0 Å². The van der Waals surface area contributed by atoms with E-state index in [-0.39, 0.29) is 0 Å². The number of hydrogen-bond donors (Lipinski definition) is 0. The Morgan fingerprint density at radius 2 is 1.62 bits per heavy atom. The van der Waals surface area contributed by atoms with E-state index in [1.165, 1.54) is 41.9 Å². The molecule has 0 N–H and O–H groups in total. The standard InChI is InChI=1S/C19H26S2/c1-12-10-17(13(2)20-12)11-18-14(3)21-15(4)19(18)16-8-6-5-7-9-16/h10,16H,5-9,11H2,1-4H3. The molecule has 0 radical (unpaired) electrons. The van der Waals surface area contributed by atoms with E-state index >= 15 is 0 Å². The average Bonchev–Trinajstić information content (AvgIpc) is 2.91. The van der Waals surface area contributed by atoms with Gasteiger partial charge < -0.3 is 0 Å². The Balaban J connectivity index is 1.95. The highest BCUT2D eigenvalue weighted by Crippen LogP contribution is 2.42. The lowest BCUT2D eigenvalue weighted by molar-refractivity contribution is 0.441. The molecule has 1 saturated carbocycles. The van der Waals surface area contributed by atoms with Crippen molar-refractivity contribution in [1.82, 2.24) is 0 Å². The van der Waals surface area contributed by atoms with Crippen LogP contribution in [0.3, 0.4) is 0 Å². The molecule has 0 bridgehead atoms. The van der Waals surface area contributed by atoms with Gasteiger partial charge in [-0.05, 0) is 75.6 Å². The maximum atomic E-state index is 2.40. The van der Waals surface area contributed by atoms with E-state index in [1.807, 2.05) is 22.7 Å². The maximum absolute atomic E-state index is 2.40. The Kier molecular flexibility index (Phi) is 4.56. The first kappa shape index (κ1) is 15.3. The largest absolute Gasteiger partial charge is 0.146 e. The molecule has 2 heteroatoms. The smallest absolute Gasteiger partial charge is 0.00553 e. The zero-order valence-electron chi connectivity index (χ0n) is 13.7. The van der Waals surface area contributed by atoms with Gasteiger partial charge in [0.2, 0.25) is 0 Å². The van der Waals surface area contributed by atoms with Crippen LogP contribution in [0.4, 0.5) is 0 Å². The molecule has 2 aromatic rings. The van der Waals surface area contributed by atoms with Gasteiger partial charge in [0.05, 0.1) is 0 Å². The fourth-order valence-corrected chi connectivity index (χ4v) is 6.05. The van der Waals surface area contributed by atoms with Gasteiger partial charge in [-0.15, -0.1) is 22.7 Å². The molecular formula is C19H26S2. The van der Waals surface area contributed by atoms with Crippen LogP contribution in [0.15, 0.2) is 6.07 Å². The maximum Gasteiger partial charge on any atom is 0.00553 e. The summed E-state index contributed by atoms with van der Waals surface area (Å²) < 4.78 is 0. The molecule has 3 rings (SSSR count). The lowest BCUT2D eigenvalue weighted by atomic mass is 9.81. The van der Waals surface area contributed by atoms with Gasteiger partial charge in [0.1, 0.15) is 0 Å². The van der Waals surface area contributed by atoms with Crippen molar-refractivity contribution < 1.29 is 0 Å². The van der Waals surface area contributed by atoms with Crippen molar-refractivity contribution in [3.05, 3.63) is 42.3 Å². The van der Waals surface area contributed by atoms with E-state index in [0.717, 1.165) is 12.3 Å². The van der Waals surface area contributed by atoms with E-state index in [4.69, 9.17) is 0 Å². The zero-order valence-corrected chi connectivity index (χ0v) is 15.3. The summed E-state index contributed by atoms with van der Waals surface area (Å²) in [4.78, 5) is 6.09. The van der Waals surface area contributed by atoms with Crippen molar-refractivity contribution in [2.24, 2.45) is 0 Å². The van der Waals surface area contributed by atoms with Crippen LogP contribution in [0.2, 0.25) is 0 Å². The minimum absolute atomic E-state index is 0.832. The Morgan fingerprint density at radius 1 is 0.905 bits per heavy atom. The van der Waals surface area contributed by atoms with Gasteiger partial charge >= 0.3 is 0 Å². The molecular weight excluding hydrogens is 292 g/mol. The molecule has 0 aromatic carbocycles. The zero-order chi connectivity index (χ0) is 15.0. The summed E-state index contributed by atoms with van der Waals surface area (Å²) in [7, 11) is 0. The number of hydrogen-bond acceptors (Lipinski definition) is 2. The Hall–Kier alpha value is -0.600. The fourth-order valence-electron chi connectivity index (χ4n) is 3.94. The lowest BCUT2D eigenvalue weighted by Gasteiger charge is -2.23. The molecule has 0 atom stereocenters. The molecule has 0 nitrogen and oxygen atoms in total. The third-order valence-electron chi connectivity index (χ3n) is 4.96. The van der Waals surface area contributed by atoms with Crippen LogP contribution >= 0.6 is 22.7 Å². The highest BCUT2D eigenvalue weighted by Gasteiger charge is 2.24. The Bertz CT molecular complexity index is 624. The van der Waals surface area contributed by atoms with Crippen molar-refractivity contribution in [1.29, 1.82) is 0 Å². The van der Waals surface area contributed by atoms with Crippen LogP contribution in [-0.4, -0.2) is 0 Å². The van der Waals surface area contributed by atoms with Gasteiger partial charge in [0, 0.05) is 19.5 Å². The van der Waals surface area contributed by atoms with Gasteiger partial charge in [0.25, 0.3) is 0 Å². The van der Waals surface area contributed by atoms with Crippen molar-refractivity contribution >= 4 is 22.7 Å². The molecule has 1 aliphatic rings. The second-order valence-corrected chi connectivity index (χ2v) is 9.45. The number of rotatable bonds is 3. The average molecular weight is 319 g/mol. The monoisotopic (exact) mass is 318 g/mol. The third-order valence-corrected chi connectivity index (χ3v) is 7.05.